The van der Waals surface area contributed by atoms with Crippen LogP contribution in [0.3, 0.4) is 0 Å². The summed E-state index contributed by atoms with van der Waals surface area (Å²) in [5, 5.41) is 0. The smallest absolute Gasteiger partial charge is 0.176 e. The maximum atomic E-state index is 5.45. The van der Waals surface area contributed by atoms with Gasteiger partial charge in [0.05, 0.1) is 0 Å². The lowest BCUT2D eigenvalue weighted by Crippen LogP contribution is -2.15. The van der Waals surface area contributed by atoms with E-state index in [9.17, 15) is 0 Å². The fourth-order valence-corrected chi connectivity index (χ4v) is 1.60. The average Bonchev–Trinajstić information content (AvgIpc) is 2.12. The summed E-state index contributed by atoms with van der Waals surface area (Å²) in [5.41, 5.74) is 5.44. The van der Waals surface area contributed by atoms with Crippen LogP contribution < -0.4 is 5.73 Å². The Kier molecular flexibility index (Phi) is 8.50. The second kappa shape index (κ2) is 8.92. The summed E-state index contributed by atoms with van der Waals surface area (Å²) in [5.74, 6) is 0.360. The summed E-state index contributed by atoms with van der Waals surface area (Å²) in [4.78, 5) is 0. The van der Waals surface area contributed by atoms with E-state index in [4.69, 9.17) is 10.5 Å². The van der Waals surface area contributed by atoms with Gasteiger partial charge in [0.15, 0.2) is 5.88 Å². The van der Waals surface area contributed by atoms with Crippen LogP contribution in [0.5, 0.6) is 0 Å². The van der Waals surface area contributed by atoms with Gasteiger partial charge in [0, 0.05) is 0 Å². The Bertz CT molecular complexity index is 145. The van der Waals surface area contributed by atoms with Crippen molar-refractivity contribution in [2.75, 3.05) is 0 Å². The monoisotopic (exact) mass is 199 g/mol. The molecule has 1 unspecified atom stereocenters. The van der Waals surface area contributed by atoms with Crippen LogP contribution in [-0.2, 0) is 4.74 Å². The summed E-state index contributed by atoms with van der Waals surface area (Å²) in [6, 6.07) is 0. The van der Waals surface area contributed by atoms with E-state index < -0.39 is 0 Å². The van der Waals surface area contributed by atoms with E-state index >= 15 is 0 Å². The first kappa shape index (κ1) is 13.3. The summed E-state index contributed by atoms with van der Waals surface area (Å²) in [6.07, 6.45) is 8.78. The molecule has 0 aromatic heterocycles. The fourth-order valence-electron chi connectivity index (χ4n) is 1.60. The first-order chi connectivity index (χ1) is 6.70. The van der Waals surface area contributed by atoms with Crippen LogP contribution in [-0.4, -0.2) is 6.10 Å². The molecule has 2 N–H and O–H groups in total. The lowest BCUT2D eigenvalue weighted by molar-refractivity contribution is 0.0963. The van der Waals surface area contributed by atoms with Gasteiger partial charge in [-0.1, -0.05) is 39.5 Å². The molecular weight excluding hydrogens is 174 g/mol. The third-order valence-electron chi connectivity index (χ3n) is 2.31. The summed E-state index contributed by atoms with van der Waals surface area (Å²) in [7, 11) is 0. The standard InChI is InChI=1S/C12H25NO/c1-4-6-7-8-10-12(9-5-2)14-11(3)13/h12H,3-10,13H2,1-2H3. The zero-order chi connectivity index (χ0) is 10.8. The SMILES string of the molecule is C=C(N)OC(CCC)CCCCCC. The molecule has 0 rings (SSSR count). The minimum absolute atomic E-state index is 0.286. The van der Waals surface area contributed by atoms with E-state index in [2.05, 4.69) is 20.4 Å². The molecule has 14 heavy (non-hydrogen) atoms. The molecule has 0 aliphatic rings. The zero-order valence-electron chi connectivity index (χ0n) is 9.72. The van der Waals surface area contributed by atoms with Crippen molar-refractivity contribution >= 4 is 0 Å². The van der Waals surface area contributed by atoms with Crippen molar-refractivity contribution in [2.24, 2.45) is 5.73 Å². The van der Waals surface area contributed by atoms with Crippen molar-refractivity contribution < 1.29 is 4.74 Å². The number of hydrogen-bond donors (Lipinski definition) is 1. The van der Waals surface area contributed by atoms with Crippen LogP contribution in [0.15, 0.2) is 12.5 Å². The quantitative estimate of drug-likeness (QED) is 0.455. The van der Waals surface area contributed by atoms with Gasteiger partial charge in [0.2, 0.25) is 0 Å². The Hall–Kier alpha value is -0.660. The Balaban J connectivity index is 3.56. The molecule has 0 aliphatic carbocycles. The first-order valence-corrected chi connectivity index (χ1v) is 5.81. The lowest BCUT2D eigenvalue weighted by atomic mass is 10.1. The van der Waals surface area contributed by atoms with Crippen LogP contribution in [0.4, 0.5) is 0 Å². The van der Waals surface area contributed by atoms with Crippen LogP contribution in [0, 0.1) is 0 Å². The second-order valence-electron chi connectivity index (χ2n) is 3.84. The highest BCUT2D eigenvalue weighted by atomic mass is 16.5. The minimum Gasteiger partial charge on any atom is -0.477 e. The molecule has 0 saturated heterocycles. The third-order valence-corrected chi connectivity index (χ3v) is 2.31. The molecule has 0 amide bonds. The normalized spacial score (nSPS) is 12.4. The van der Waals surface area contributed by atoms with Gasteiger partial charge in [-0.05, 0) is 25.8 Å². The number of unbranched alkanes of at least 4 members (excludes halogenated alkanes) is 3. The van der Waals surface area contributed by atoms with E-state index in [1.807, 2.05) is 0 Å². The molecule has 84 valence electrons. The zero-order valence-corrected chi connectivity index (χ0v) is 9.72. The summed E-state index contributed by atoms with van der Waals surface area (Å²) >= 11 is 0. The van der Waals surface area contributed by atoms with Crippen molar-refractivity contribution in [1.29, 1.82) is 0 Å². The van der Waals surface area contributed by atoms with Crippen LogP contribution >= 0.6 is 0 Å². The van der Waals surface area contributed by atoms with Crippen LogP contribution in [0.25, 0.3) is 0 Å². The minimum atomic E-state index is 0.286. The maximum absolute atomic E-state index is 5.45. The van der Waals surface area contributed by atoms with Gasteiger partial charge in [-0.3, -0.25) is 0 Å². The highest BCUT2D eigenvalue weighted by molar-refractivity contribution is 4.75. The lowest BCUT2D eigenvalue weighted by Gasteiger charge is -2.17. The second-order valence-corrected chi connectivity index (χ2v) is 3.84. The molecule has 2 heteroatoms. The molecule has 0 heterocycles. The molecule has 0 aliphatic heterocycles. The van der Waals surface area contributed by atoms with Crippen LogP contribution in [0.1, 0.15) is 58.8 Å². The van der Waals surface area contributed by atoms with Gasteiger partial charge < -0.3 is 10.5 Å². The topological polar surface area (TPSA) is 35.2 Å². The average molecular weight is 199 g/mol. The molecular formula is C12H25NO. The van der Waals surface area contributed by atoms with Gasteiger partial charge in [0.1, 0.15) is 6.10 Å². The van der Waals surface area contributed by atoms with E-state index in [0.29, 0.717) is 5.88 Å². The van der Waals surface area contributed by atoms with E-state index in [1.54, 1.807) is 0 Å². The molecule has 1 atom stereocenters. The molecule has 0 aromatic rings. The predicted molar refractivity (Wildman–Crippen MR) is 61.9 cm³/mol. The van der Waals surface area contributed by atoms with E-state index in [0.717, 1.165) is 19.3 Å². The number of ether oxygens (including phenoxy) is 1. The Morgan fingerprint density at radius 2 is 1.86 bits per heavy atom. The molecule has 0 fully saturated rings. The number of nitrogens with two attached hydrogens (primary N) is 1. The Labute approximate surface area is 88.5 Å². The number of rotatable bonds is 9. The van der Waals surface area contributed by atoms with E-state index in [1.165, 1.54) is 25.7 Å². The van der Waals surface area contributed by atoms with Gasteiger partial charge in [-0.15, -0.1) is 0 Å². The van der Waals surface area contributed by atoms with Crippen molar-refractivity contribution in [2.45, 2.75) is 64.9 Å². The third kappa shape index (κ3) is 7.96. The molecule has 0 bridgehead atoms. The Morgan fingerprint density at radius 3 is 2.36 bits per heavy atom. The van der Waals surface area contributed by atoms with Crippen molar-refractivity contribution in [3.05, 3.63) is 12.5 Å². The van der Waals surface area contributed by atoms with Crippen molar-refractivity contribution in [3.8, 4) is 0 Å². The highest BCUT2D eigenvalue weighted by Crippen LogP contribution is 2.13. The maximum Gasteiger partial charge on any atom is 0.176 e. The molecule has 0 radical (unpaired) electrons. The number of hydrogen-bond acceptors (Lipinski definition) is 2. The van der Waals surface area contributed by atoms with Gasteiger partial charge >= 0.3 is 0 Å². The van der Waals surface area contributed by atoms with Gasteiger partial charge in [-0.2, -0.15) is 0 Å². The molecule has 2 nitrogen and oxygen atoms in total. The summed E-state index contributed by atoms with van der Waals surface area (Å²) < 4.78 is 5.45. The molecule has 0 saturated carbocycles. The fraction of sp³-hybridized carbons (Fsp3) is 0.833. The van der Waals surface area contributed by atoms with E-state index in [-0.39, 0.29) is 6.10 Å². The van der Waals surface area contributed by atoms with Crippen molar-refractivity contribution in [3.63, 3.8) is 0 Å². The molecule has 0 spiro atoms. The van der Waals surface area contributed by atoms with Crippen molar-refractivity contribution in [1.82, 2.24) is 0 Å². The van der Waals surface area contributed by atoms with Gasteiger partial charge in [-0.25, -0.2) is 0 Å². The Morgan fingerprint density at radius 1 is 1.14 bits per heavy atom. The summed E-state index contributed by atoms with van der Waals surface area (Å²) in [6.45, 7) is 7.97. The van der Waals surface area contributed by atoms with Crippen LogP contribution in [0.2, 0.25) is 0 Å². The molecule has 0 aromatic carbocycles. The highest BCUT2D eigenvalue weighted by Gasteiger charge is 2.08. The largest absolute Gasteiger partial charge is 0.477 e. The first-order valence-electron chi connectivity index (χ1n) is 5.81. The predicted octanol–water partition coefficient (Wildman–Crippen LogP) is 3.57. The van der Waals surface area contributed by atoms with Gasteiger partial charge in [0.25, 0.3) is 0 Å².